The molecular weight excluding hydrogens is 187 g/mol. The number of hydrogen-bond acceptors (Lipinski definition) is 2. The van der Waals surface area contributed by atoms with Gasteiger partial charge in [-0.05, 0) is 6.92 Å². The van der Waals surface area contributed by atoms with Crippen molar-refractivity contribution in [1.29, 1.82) is 0 Å². The van der Waals surface area contributed by atoms with Gasteiger partial charge in [0.15, 0.2) is 0 Å². The van der Waals surface area contributed by atoms with E-state index in [1.807, 2.05) is 0 Å². The lowest BCUT2D eigenvalue weighted by Gasteiger charge is -1.99. The Labute approximate surface area is 75.4 Å². The average molecular weight is 195 g/mol. The molecule has 0 saturated heterocycles. The third-order valence-corrected chi connectivity index (χ3v) is 1.54. The maximum atomic E-state index is 10.8. The van der Waals surface area contributed by atoms with Gasteiger partial charge in [-0.3, -0.25) is 0 Å². The number of carbonyl (C=O) groups is 1. The Bertz CT molecular complexity index is 193. The maximum absolute atomic E-state index is 10.8. The summed E-state index contributed by atoms with van der Waals surface area (Å²) in [5.41, 5.74) is 0. The average Bonchev–Trinajstić information content (AvgIpc) is 1.98. The normalized spacial score (nSPS) is 11.9. The highest BCUT2D eigenvalue weighted by Crippen LogP contribution is 2.13. The lowest BCUT2D eigenvalue weighted by molar-refractivity contribution is -0.137. The molecule has 0 fully saturated rings. The van der Waals surface area contributed by atoms with Gasteiger partial charge in [0, 0.05) is 5.03 Å². The van der Waals surface area contributed by atoms with Crippen LogP contribution in [0.25, 0.3) is 0 Å². The number of hydrogen-bond donors (Lipinski definition) is 0. The number of halogens is 2. The zero-order chi connectivity index (χ0) is 8.85. The van der Waals surface area contributed by atoms with E-state index in [4.69, 9.17) is 23.2 Å². The van der Waals surface area contributed by atoms with Crippen LogP contribution >= 0.6 is 23.2 Å². The van der Waals surface area contributed by atoms with E-state index >= 15 is 0 Å². The molecule has 0 heterocycles. The van der Waals surface area contributed by atoms with E-state index in [0.717, 1.165) is 0 Å². The largest absolute Gasteiger partial charge is 0.457 e. The van der Waals surface area contributed by atoms with E-state index in [-0.39, 0.29) is 16.7 Å². The van der Waals surface area contributed by atoms with Gasteiger partial charge in [-0.1, -0.05) is 35.9 Å². The van der Waals surface area contributed by atoms with Gasteiger partial charge in [0.2, 0.25) is 0 Å². The van der Waals surface area contributed by atoms with Crippen molar-refractivity contribution < 1.29 is 9.53 Å². The van der Waals surface area contributed by atoms with Crippen LogP contribution < -0.4 is 0 Å². The van der Waals surface area contributed by atoms with Crippen molar-refractivity contribution in [2.75, 3.05) is 6.61 Å². The molecule has 62 valence electrons. The Morgan fingerprint density at radius 3 is 2.55 bits per heavy atom. The molecule has 0 rings (SSSR count). The number of ether oxygens (including phenoxy) is 1. The van der Waals surface area contributed by atoms with Crippen LogP contribution in [0.1, 0.15) is 6.92 Å². The first-order valence-electron chi connectivity index (χ1n) is 2.89. The first-order chi connectivity index (χ1) is 5.09. The Kier molecular flexibility index (Phi) is 4.99. The van der Waals surface area contributed by atoms with Gasteiger partial charge in [-0.15, -0.1) is 0 Å². The van der Waals surface area contributed by atoms with Crippen LogP contribution in [-0.2, 0) is 9.53 Å². The van der Waals surface area contributed by atoms with Gasteiger partial charge >= 0.3 is 5.97 Å². The third-order valence-electron chi connectivity index (χ3n) is 0.814. The topological polar surface area (TPSA) is 26.3 Å². The van der Waals surface area contributed by atoms with E-state index in [1.165, 1.54) is 13.0 Å². The molecule has 0 radical (unpaired) electrons. The lowest BCUT2D eigenvalue weighted by Crippen LogP contribution is -2.04. The van der Waals surface area contributed by atoms with Gasteiger partial charge in [0.1, 0.15) is 11.6 Å². The fourth-order valence-corrected chi connectivity index (χ4v) is 0.470. The monoisotopic (exact) mass is 194 g/mol. The fourth-order valence-electron chi connectivity index (χ4n) is 0.339. The molecule has 0 aromatic carbocycles. The molecule has 0 N–H and O–H groups in total. The predicted octanol–water partition coefficient (Wildman–Crippen LogP) is 2.42. The SMILES string of the molecule is C=CCOC(=O)/C(Cl)=C(/C)Cl. The number of rotatable bonds is 3. The van der Waals surface area contributed by atoms with Crippen molar-refractivity contribution in [1.82, 2.24) is 0 Å². The third kappa shape index (κ3) is 4.06. The van der Waals surface area contributed by atoms with E-state index < -0.39 is 5.97 Å². The minimum absolute atomic E-state index is 0.0893. The van der Waals surface area contributed by atoms with Crippen molar-refractivity contribution in [3.05, 3.63) is 22.7 Å². The number of esters is 1. The highest BCUT2D eigenvalue weighted by atomic mass is 35.5. The van der Waals surface area contributed by atoms with Gasteiger partial charge in [-0.2, -0.15) is 0 Å². The summed E-state index contributed by atoms with van der Waals surface area (Å²) in [6, 6.07) is 0. The minimum Gasteiger partial charge on any atom is -0.457 e. The van der Waals surface area contributed by atoms with Crippen LogP contribution in [0, 0.1) is 0 Å². The molecule has 4 heteroatoms. The summed E-state index contributed by atoms with van der Waals surface area (Å²) >= 11 is 10.9. The summed E-state index contributed by atoms with van der Waals surface area (Å²) in [4.78, 5) is 10.8. The van der Waals surface area contributed by atoms with E-state index in [0.29, 0.717) is 0 Å². The van der Waals surface area contributed by atoms with Gasteiger partial charge < -0.3 is 4.74 Å². The second-order valence-corrected chi connectivity index (χ2v) is 2.68. The van der Waals surface area contributed by atoms with Crippen molar-refractivity contribution in [3.63, 3.8) is 0 Å². The summed E-state index contributed by atoms with van der Waals surface area (Å²) < 4.78 is 4.58. The van der Waals surface area contributed by atoms with Crippen molar-refractivity contribution in [2.45, 2.75) is 6.92 Å². The van der Waals surface area contributed by atoms with Crippen LogP contribution in [0.15, 0.2) is 22.7 Å². The highest BCUT2D eigenvalue weighted by molar-refractivity contribution is 6.47. The first kappa shape index (κ1) is 10.5. The summed E-state index contributed by atoms with van der Waals surface area (Å²) in [6.45, 7) is 5.02. The maximum Gasteiger partial charge on any atom is 0.351 e. The lowest BCUT2D eigenvalue weighted by atomic mass is 10.5. The standard InChI is InChI=1S/C7H8Cl2O2/c1-3-4-11-7(10)6(9)5(2)8/h3H,1,4H2,2H3/b6-5+. The molecule has 0 unspecified atom stereocenters. The number of allylic oxidation sites excluding steroid dienone is 1. The van der Waals surface area contributed by atoms with Crippen LogP contribution in [0.4, 0.5) is 0 Å². The summed E-state index contributed by atoms with van der Waals surface area (Å²) in [7, 11) is 0. The molecule has 0 aromatic rings. The van der Waals surface area contributed by atoms with Crippen LogP contribution in [0.3, 0.4) is 0 Å². The van der Waals surface area contributed by atoms with E-state index in [1.54, 1.807) is 0 Å². The van der Waals surface area contributed by atoms with Crippen molar-refractivity contribution in [3.8, 4) is 0 Å². The Morgan fingerprint density at radius 2 is 2.18 bits per heavy atom. The molecule has 0 spiro atoms. The Morgan fingerprint density at radius 1 is 1.64 bits per heavy atom. The minimum atomic E-state index is -0.626. The highest BCUT2D eigenvalue weighted by Gasteiger charge is 2.09. The molecule has 0 aliphatic carbocycles. The zero-order valence-corrected chi connectivity index (χ0v) is 7.58. The molecular formula is C7H8Cl2O2. The van der Waals surface area contributed by atoms with Gasteiger partial charge in [0.25, 0.3) is 0 Å². The van der Waals surface area contributed by atoms with Crippen molar-refractivity contribution >= 4 is 29.2 Å². The molecule has 0 saturated carbocycles. The zero-order valence-electron chi connectivity index (χ0n) is 6.06. The molecule has 11 heavy (non-hydrogen) atoms. The van der Waals surface area contributed by atoms with Crippen LogP contribution in [0.2, 0.25) is 0 Å². The molecule has 0 aliphatic rings. The molecule has 0 aromatic heterocycles. The second-order valence-electron chi connectivity index (χ2n) is 1.73. The molecule has 0 atom stereocenters. The quantitative estimate of drug-likeness (QED) is 0.392. The van der Waals surface area contributed by atoms with Crippen LogP contribution in [-0.4, -0.2) is 12.6 Å². The van der Waals surface area contributed by atoms with Gasteiger partial charge in [0.05, 0.1) is 0 Å². The Balaban J connectivity index is 4.04. The molecule has 2 nitrogen and oxygen atoms in total. The fraction of sp³-hybridized carbons (Fsp3) is 0.286. The summed E-state index contributed by atoms with van der Waals surface area (Å²) in [5.74, 6) is -0.626. The molecule has 0 bridgehead atoms. The van der Waals surface area contributed by atoms with E-state index in [9.17, 15) is 4.79 Å². The second kappa shape index (κ2) is 5.22. The number of carbonyl (C=O) groups excluding carboxylic acids is 1. The smallest absolute Gasteiger partial charge is 0.351 e. The van der Waals surface area contributed by atoms with Crippen molar-refractivity contribution in [2.24, 2.45) is 0 Å². The van der Waals surface area contributed by atoms with Gasteiger partial charge in [-0.25, -0.2) is 4.79 Å². The summed E-state index contributed by atoms with van der Waals surface area (Å²) in [6.07, 6.45) is 1.45. The first-order valence-corrected chi connectivity index (χ1v) is 3.65. The molecule has 0 amide bonds. The predicted molar refractivity (Wildman–Crippen MR) is 45.6 cm³/mol. The van der Waals surface area contributed by atoms with E-state index in [2.05, 4.69) is 11.3 Å². The Hall–Kier alpha value is -0.470. The van der Waals surface area contributed by atoms with Crippen LogP contribution in [0.5, 0.6) is 0 Å². The summed E-state index contributed by atoms with van der Waals surface area (Å²) in [5, 5.41) is 0.134. The molecule has 0 aliphatic heterocycles.